The van der Waals surface area contributed by atoms with Crippen molar-refractivity contribution >= 4 is 17.8 Å². The van der Waals surface area contributed by atoms with Crippen molar-refractivity contribution in [2.45, 2.75) is 39.2 Å². The smallest absolute Gasteiger partial charge is 0.308 e. The van der Waals surface area contributed by atoms with Crippen LogP contribution in [0.15, 0.2) is 0 Å². The summed E-state index contributed by atoms with van der Waals surface area (Å²) in [4.78, 5) is 40.0. The number of carboxylic acid groups (broad SMARTS) is 1. The Morgan fingerprint density at radius 2 is 1.67 bits per heavy atom. The second kappa shape index (κ2) is 6.35. The third kappa shape index (κ3) is 3.27. The lowest BCUT2D eigenvalue weighted by molar-refractivity contribution is -0.152. The number of nitrogens with zero attached hydrogens (tertiary/aromatic N) is 2. The molecule has 2 aliphatic heterocycles. The number of piperidine rings is 1. The molecule has 7 heteroatoms. The Hall–Kier alpha value is -1.63. The molecule has 1 spiro atoms. The Balaban J connectivity index is 1.60. The molecule has 2 N–H and O–H groups in total. The molecule has 1 saturated carbocycles. The molecule has 0 radical (unpaired) electrons. The Morgan fingerprint density at radius 3 is 2.17 bits per heavy atom. The number of nitrogens with one attached hydrogen (secondary N) is 1. The Kier molecular flexibility index (Phi) is 4.55. The van der Waals surface area contributed by atoms with Crippen molar-refractivity contribution in [1.82, 2.24) is 15.1 Å². The van der Waals surface area contributed by atoms with E-state index >= 15 is 0 Å². The summed E-state index contributed by atoms with van der Waals surface area (Å²) in [5, 5.41) is 12.7. The highest BCUT2D eigenvalue weighted by molar-refractivity contribution is 5.88. The molecule has 0 aromatic heterocycles. The average molecular weight is 337 g/mol. The van der Waals surface area contributed by atoms with Crippen LogP contribution >= 0.6 is 0 Å². The Bertz CT molecular complexity index is 536. The first-order valence-corrected chi connectivity index (χ1v) is 8.87. The van der Waals surface area contributed by atoms with E-state index in [-0.39, 0.29) is 23.1 Å². The minimum Gasteiger partial charge on any atom is -0.481 e. The molecule has 2 atom stereocenters. The van der Waals surface area contributed by atoms with Gasteiger partial charge in [-0.05, 0) is 24.7 Å². The molecule has 3 rings (SSSR count). The second-order valence-electron chi connectivity index (χ2n) is 7.81. The Morgan fingerprint density at radius 1 is 1.08 bits per heavy atom. The number of amides is 2. The van der Waals surface area contributed by atoms with Gasteiger partial charge < -0.3 is 20.2 Å². The van der Waals surface area contributed by atoms with Gasteiger partial charge in [0.15, 0.2) is 0 Å². The zero-order chi connectivity index (χ0) is 17.5. The summed E-state index contributed by atoms with van der Waals surface area (Å²) >= 11 is 0. The number of hydrogen-bond acceptors (Lipinski definition) is 4. The van der Waals surface area contributed by atoms with Crippen molar-refractivity contribution in [3.05, 3.63) is 0 Å². The van der Waals surface area contributed by atoms with Crippen LogP contribution < -0.4 is 5.32 Å². The van der Waals surface area contributed by atoms with Gasteiger partial charge in [-0.15, -0.1) is 0 Å². The molecule has 0 aromatic rings. The van der Waals surface area contributed by atoms with Crippen LogP contribution in [0.4, 0.5) is 0 Å². The number of piperazine rings is 1. The first-order valence-electron chi connectivity index (χ1n) is 8.87. The molecule has 2 saturated heterocycles. The number of carboxylic acids is 1. The van der Waals surface area contributed by atoms with E-state index in [1.807, 2.05) is 13.8 Å². The lowest BCUT2D eigenvalue weighted by Crippen LogP contribution is -2.60. The topological polar surface area (TPSA) is 90.0 Å². The van der Waals surface area contributed by atoms with Gasteiger partial charge >= 0.3 is 5.97 Å². The molecular formula is C17H27N3O4. The summed E-state index contributed by atoms with van der Waals surface area (Å²) in [6, 6.07) is -0.638. The van der Waals surface area contributed by atoms with Gasteiger partial charge in [0.1, 0.15) is 6.04 Å². The molecule has 0 bridgehead atoms. The summed E-state index contributed by atoms with van der Waals surface area (Å²) in [5.74, 6) is -1.60. The lowest BCUT2D eigenvalue weighted by Gasteiger charge is -2.40. The number of aliphatic carboxylic acids is 1. The van der Waals surface area contributed by atoms with Gasteiger partial charge in [0.2, 0.25) is 11.8 Å². The minimum absolute atomic E-state index is 0.0432. The fourth-order valence-corrected chi connectivity index (χ4v) is 3.88. The highest BCUT2D eigenvalue weighted by Crippen LogP contribution is 2.52. The van der Waals surface area contributed by atoms with Crippen molar-refractivity contribution in [1.29, 1.82) is 0 Å². The van der Waals surface area contributed by atoms with Crippen LogP contribution in [0.2, 0.25) is 0 Å². The number of carbonyl (C=O) groups is 3. The summed E-state index contributed by atoms with van der Waals surface area (Å²) < 4.78 is 0. The van der Waals surface area contributed by atoms with E-state index < -0.39 is 17.9 Å². The SMILES string of the molecule is CC(C)C(=O)N1CCN(C(=O)C2NCC3(CC3)CC2C(=O)O)CC1. The van der Waals surface area contributed by atoms with E-state index in [9.17, 15) is 19.5 Å². The Labute approximate surface area is 142 Å². The molecular weight excluding hydrogens is 310 g/mol. The first kappa shape index (κ1) is 17.2. The van der Waals surface area contributed by atoms with Gasteiger partial charge in [0.25, 0.3) is 0 Å². The van der Waals surface area contributed by atoms with E-state index in [0.717, 1.165) is 19.4 Å². The van der Waals surface area contributed by atoms with E-state index in [1.165, 1.54) is 0 Å². The molecule has 0 aromatic carbocycles. The molecule has 1 aliphatic carbocycles. The number of rotatable bonds is 3. The maximum atomic E-state index is 12.8. The summed E-state index contributed by atoms with van der Waals surface area (Å²) in [6.07, 6.45) is 2.71. The fraction of sp³-hybridized carbons (Fsp3) is 0.824. The number of hydrogen-bond donors (Lipinski definition) is 2. The largest absolute Gasteiger partial charge is 0.481 e. The van der Waals surface area contributed by atoms with Gasteiger partial charge in [-0.25, -0.2) is 0 Å². The molecule has 134 valence electrons. The van der Waals surface area contributed by atoms with Crippen LogP contribution in [0, 0.1) is 17.3 Å². The van der Waals surface area contributed by atoms with Crippen molar-refractivity contribution < 1.29 is 19.5 Å². The monoisotopic (exact) mass is 337 g/mol. The van der Waals surface area contributed by atoms with Crippen molar-refractivity contribution in [2.24, 2.45) is 17.3 Å². The normalized spacial score (nSPS) is 29.0. The highest BCUT2D eigenvalue weighted by Gasteiger charge is 2.52. The van der Waals surface area contributed by atoms with Gasteiger partial charge in [0.05, 0.1) is 5.92 Å². The summed E-state index contributed by atoms with van der Waals surface area (Å²) in [6.45, 7) is 6.49. The van der Waals surface area contributed by atoms with Crippen LogP contribution in [0.1, 0.15) is 33.1 Å². The van der Waals surface area contributed by atoms with E-state index in [1.54, 1.807) is 9.80 Å². The molecule has 3 aliphatic rings. The zero-order valence-corrected chi connectivity index (χ0v) is 14.5. The predicted molar refractivity (Wildman–Crippen MR) is 87.2 cm³/mol. The van der Waals surface area contributed by atoms with Gasteiger partial charge in [0, 0.05) is 38.6 Å². The third-order valence-electron chi connectivity index (χ3n) is 5.69. The lowest BCUT2D eigenvalue weighted by atomic mass is 9.82. The standard InChI is InChI=1S/C17H27N3O4/c1-11(2)14(21)19-5-7-20(8-6-19)15(22)13-12(16(23)24)9-17(3-4-17)10-18-13/h11-13,18H,3-10H2,1-2H3,(H,23,24). The predicted octanol–water partition coefficient (Wildman–Crippen LogP) is 0.156. The molecule has 2 unspecified atom stereocenters. The van der Waals surface area contributed by atoms with Crippen molar-refractivity contribution in [3.63, 3.8) is 0 Å². The molecule has 2 heterocycles. The maximum Gasteiger partial charge on any atom is 0.308 e. The van der Waals surface area contributed by atoms with Gasteiger partial charge in [-0.3, -0.25) is 14.4 Å². The molecule has 7 nitrogen and oxygen atoms in total. The van der Waals surface area contributed by atoms with Crippen LogP contribution in [-0.4, -0.2) is 71.5 Å². The average Bonchev–Trinajstić information content (AvgIpc) is 3.32. The van der Waals surface area contributed by atoms with E-state index in [4.69, 9.17) is 0 Å². The first-order chi connectivity index (χ1) is 11.3. The summed E-state index contributed by atoms with van der Waals surface area (Å²) in [7, 11) is 0. The molecule has 24 heavy (non-hydrogen) atoms. The minimum atomic E-state index is -0.888. The number of carbonyl (C=O) groups excluding carboxylic acids is 2. The zero-order valence-electron chi connectivity index (χ0n) is 14.5. The molecule has 3 fully saturated rings. The second-order valence-corrected chi connectivity index (χ2v) is 7.81. The molecule has 2 amide bonds. The van der Waals surface area contributed by atoms with Crippen molar-refractivity contribution in [3.8, 4) is 0 Å². The van der Waals surface area contributed by atoms with Gasteiger partial charge in [-0.1, -0.05) is 13.8 Å². The third-order valence-corrected chi connectivity index (χ3v) is 5.69. The summed E-state index contributed by atoms with van der Waals surface area (Å²) in [5.41, 5.74) is 0.113. The van der Waals surface area contributed by atoms with Crippen LogP contribution in [-0.2, 0) is 14.4 Å². The van der Waals surface area contributed by atoms with E-state index in [2.05, 4.69) is 5.32 Å². The highest BCUT2D eigenvalue weighted by atomic mass is 16.4. The maximum absolute atomic E-state index is 12.8. The van der Waals surface area contributed by atoms with E-state index in [0.29, 0.717) is 32.6 Å². The van der Waals surface area contributed by atoms with Gasteiger partial charge in [-0.2, -0.15) is 0 Å². The van der Waals surface area contributed by atoms with Crippen LogP contribution in [0.5, 0.6) is 0 Å². The van der Waals surface area contributed by atoms with Crippen LogP contribution in [0.25, 0.3) is 0 Å². The fourth-order valence-electron chi connectivity index (χ4n) is 3.88. The quantitative estimate of drug-likeness (QED) is 0.765. The van der Waals surface area contributed by atoms with Crippen LogP contribution in [0.3, 0.4) is 0 Å². The van der Waals surface area contributed by atoms with Crippen molar-refractivity contribution in [2.75, 3.05) is 32.7 Å².